The Morgan fingerprint density at radius 3 is 2.29 bits per heavy atom. The van der Waals surface area contributed by atoms with Gasteiger partial charge < -0.3 is 45.4 Å². The molecule has 1 rings (SSSR count). The van der Waals surface area contributed by atoms with E-state index in [1.807, 2.05) is 0 Å². The van der Waals surface area contributed by atoms with Crippen LogP contribution >= 0.6 is 0 Å². The number of ether oxygens (including phenoxy) is 2. The molecule has 12 nitrogen and oxygen atoms in total. The monoisotopic (exact) mass is 353 g/mol. The van der Waals surface area contributed by atoms with Gasteiger partial charge in [-0.2, -0.15) is 0 Å². The number of nitrogens with one attached hydrogen (secondary N) is 1. The van der Waals surface area contributed by atoms with Crippen molar-refractivity contribution < 1.29 is 54.5 Å². The average molecular weight is 353 g/mol. The minimum Gasteiger partial charge on any atom is -0.479 e. The maximum atomic E-state index is 12.1. The molecular weight excluding hydrogens is 334 g/mol. The van der Waals surface area contributed by atoms with E-state index in [9.17, 15) is 34.8 Å². The Balaban J connectivity index is 3.01. The van der Waals surface area contributed by atoms with E-state index in [1.165, 1.54) is 6.92 Å². The minimum absolute atomic E-state index is 0.181. The SMILES string of the molecule is CCOC(=O)C(NC(=O)[C@@]1(O)O[C@H](CO)[C@@H](O)[C@H](O)[C@H]1O)C(=O)O. The Morgan fingerprint density at radius 1 is 1.25 bits per heavy atom. The highest BCUT2D eigenvalue weighted by Crippen LogP contribution is 2.28. The van der Waals surface area contributed by atoms with Gasteiger partial charge >= 0.3 is 11.9 Å². The van der Waals surface area contributed by atoms with Crippen LogP contribution < -0.4 is 5.32 Å². The van der Waals surface area contributed by atoms with Gasteiger partial charge in [-0.25, -0.2) is 9.59 Å². The van der Waals surface area contributed by atoms with Crippen molar-refractivity contribution in [2.45, 2.75) is 43.2 Å². The molecule has 6 atom stereocenters. The van der Waals surface area contributed by atoms with Crippen LogP contribution in [0, 0.1) is 0 Å². The van der Waals surface area contributed by atoms with Gasteiger partial charge in [0.2, 0.25) is 6.04 Å². The van der Waals surface area contributed by atoms with E-state index >= 15 is 0 Å². The highest BCUT2D eigenvalue weighted by molar-refractivity contribution is 6.02. The van der Waals surface area contributed by atoms with Gasteiger partial charge in [0.1, 0.15) is 24.4 Å². The summed E-state index contributed by atoms with van der Waals surface area (Å²) in [7, 11) is 0. The molecule has 7 N–H and O–H groups in total. The molecule has 1 unspecified atom stereocenters. The van der Waals surface area contributed by atoms with E-state index in [2.05, 4.69) is 9.47 Å². The van der Waals surface area contributed by atoms with Crippen LogP contribution in [0.15, 0.2) is 0 Å². The second-order valence-corrected chi connectivity index (χ2v) is 4.96. The molecule has 0 aliphatic carbocycles. The lowest BCUT2D eigenvalue weighted by Crippen LogP contribution is -2.71. The van der Waals surface area contributed by atoms with Gasteiger partial charge in [0.05, 0.1) is 13.2 Å². The average Bonchev–Trinajstić information content (AvgIpc) is 2.53. The maximum Gasteiger partial charge on any atom is 0.340 e. The summed E-state index contributed by atoms with van der Waals surface area (Å²) in [5.74, 6) is -8.05. The van der Waals surface area contributed by atoms with E-state index < -0.39 is 60.7 Å². The van der Waals surface area contributed by atoms with Gasteiger partial charge in [0.15, 0.2) is 0 Å². The van der Waals surface area contributed by atoms with E-state index in [0.29, 0.717) is 0 Å². The molecule has 0 saturated carbocycles. The number of aliphatic carboxylic acids is 1. The van der Waals surface area contributed by atoms with E-state index in [4.69, 9.17) is 10.2 Å². The minimum atomic E-state index is -3.22. The Hall–Kier alpha value is -1.83. The molecule has 0 aromatic carbocycles. The summed E-state index contributed by atoms with van der Waals surface area (Å²) < 4.78 is 9.13. The van der Waals surface area contributed by atoms with Crippen LogP contribution in [-0.2, 0) is 23.9 Å². The molecular formula is C12H19NO11. The Labute approximate surface area is 135 Å². The molecule has 0 aromatic heterocycles. The standard InChI is InChI=1S/C12H19NO11/c1-2-23-10(20)5(9(18)19)13-11(21)12(22)8(17)7(16)6(15)4(3-14)24-12/h4-8,14-17,22H,2-3H2,1H3,(H,13,21)(H,18,19)/t4-,5?,6-,7+,8-,12+/m1/s1. The van der Waals surface area contributed by atoms with Gasteiger partial charge in [-0.05, 0) is 6.92 Å². The predicted octanol–water partition coefficient (Wildman–Crippen LogP) is -4.72. The summed E-state index contributed by atoms with van der Waals surface area (Å²) >= 11 is 0. The molecule has 1 saturated heterocycles. The lowest BCUT2D eigenvalue weighted by Gasteiger charge is -2.44. The summed E-state index contributed by atoms with van der Waals surface area (Å²) in [5.41, 5.74) is 0. The van der Waals surface area contributed by atoms with Crippen molar-refractivity contribution in [1.29, 1.82) is 0 Å². The van der Waals surface area contributed by atoms with Crippen molar-refractivity contribution in [3.05, 3.63) is 0 Å². The van der Waals surface area contributed by atoms with Crippen LogP contribution in [0.2, 0.25) is 0 Å². The molecule has 0 spiro atoms. The largest absolute Gasteiger partial charge is 0.479 e. The van der Waals surface area contributed by atoms with Crippen molar-refractivity contribution in [3.8, 4) is 0 Å². The normalized spacial score (nSPS) is 34.2. The molecule has 24 heavy (non-hydrogen) atoms. The van der Waals surface area contributed by atoms with Crippen LogP contribution in [-0.4, -0.2) is 97.9 Å². The first-order valence-electron chi connectivity index (χ1n) is 6.85. The van der Waals surface area contributed by atoms with Gasteiger partial charge in [0.25, 0.3) is 11.7 Å². The third-order valence-electron chi connectivity index (χ3n) is 3.34. The van der Waals surface area contributed by atoms with Gasteiger partial charge in [-0.1, -0.05) is 0 Å². The molecule has 1 heterocycles. The number of amides is 1. The van der Waals surface area contributed by atoms with Crippen molar-refractivity contribution >= 4 is 17.8 Å². The van der Waals surface area contributed by atoms with Crippen LogP contribution in [0.5, 0.6) is 0 Å². The number of rotatable bonds is 6. The number of aliphatic hydroxyl groups is 5. The summed E-state index contributed by atoms with van der Waals surface area (Å²) in [6.07, 6.45) is -7.94. The molecule has 1 aliphatic heterocycles. The number of carbonyl (C=O) groups is 3. The van der Waals surface area contributed by atoms with Crippen LogP contribution in [0.3, 0.4) is 0 Å². The lowest BCUT2D eigenvalue weighted by molar-refractivity contribution is -0.331. The van der Waals surface area contributed by atoms with Crippen molar-refractivity contribution in [3.63, 3.8) is 0 Å². The number of aliphatic hydroxyl groups excluding tert-OH is 4. The fourth-order valence-corrected chi connectivity index (χ4v) is 2.02. The van der Waals surface area contributed by atoms with Crippen molar-refractivity contribution in [1.82, 2.24) is 5.32 Å². The number of carboxylic acids is 1. The molecule has 1 aliphatic rings. The fraction of sp³-hybridized carbons (Fsp3) is 0.750. The Kier molecular flexibility index (Phi) is 6.59. The van der Waals surface area contributed by atoms with E-state index in [1.54, 1.807) is 5.32 Å². The third kappa shape index (κ3) is 3.80. The first kappa shape index (κ1) is 20.2. The van der Waals surface area contributed by atoms with Crippen LogP contribution in [0.25, 0.3) is 0 Å². The van der Waals surface area contributed by atoms with Gasteiger partial charge in [-0.3, -0.25) is 4.79 Å². The summed E-state index contributed by atoms with van der Waals surface area (Å²) in [6.45, 7) is 0.282. The van der Waals surface area contributed by atoms with Gasteiger partial charge in [0, 0.05) is 0 Å². The maximum absolute atomic E-state index is 12.1. The highest BCUT2D eigenvalue weighted by atomic mass is 16.7. The quantitative estimate of drug-likeness (QED) is 0.178. The zero-order valence-electron chi connectivity index (χ0n) is 12.5. The highest BCUT2D eigenvalue weighted by Gasteiger charge is 2.58. The van der Waals surface area contributed by atoms with E-state index in [-0.39, 0.29) is 6.61 Å². The number of carboxylic acid groups (broad SMARTS) is 1. The van der Waals surface area contributed by atoms with Crippen LogP contribution in [0.1, 0.15) is 6.92 Å². The first-order valence-corrected chi connectivity index (χ1v) is 6.85. The number of carbonyl (C=O) groups excluding carboxylic acids is 2. The Morgan fingerprint density at radius 2 is 1.83 bits per heavy atom. The predicted molar refractivity (Wildman–Crippen MR) is 71.1 cm³/mol. The molecule has 0 aromatic rings. The van der Waals surface area contributed by atoms with Gasteiger partial charge in [-0.15, -0.1) is 0 Å². The molecule has 12 heteroatoms. The lowest BCUT2D eigenvalue weighted by atomic mass is 9.92. The van der Waals surface area contributed by atoms with Crippen molar-refractivity contribution in [2.75, 3.05) is 13.2 Å². The number of esters is 1. The topological polar surface area (TPSA) is 203 Å². The van der Waals surface area contributed by atoms with Crippen molar-refractivity contribution in [2.24, 2.45) is 0 Å². The molecule has 1 amide bonds. The summed E-state index contributed by atoms with van der Waals surface area (Å²) in [6, 6.07) is -2.21. The summed E-state index contributed by atoms with van der Waals surface area (Å²) in [4.78, 5) is 34.6. The molecule has 138 valence electrons. The fourth-order valence-electron chi connectivity index (χ4n) is 2.02. The number of hydrogen-bond donors (Lipinski definition) is 7. The van der Waals surface area contributed by atoms with Crippen LogP contribution in [0.4, 0.5) is 0 Å². The Bertz CT molecular complexity index is 495. The zero-order valence-corrected chi connectivity index (χ0v) is 12.5. The molecule has 0 bridgehead atoms. The first-order chi connectivity index (χ1) is 11.1. The third-order valence-corrected chi connectivity index (χ3v) is 3.34. The number of hydrogen-bond acceptors (Lipinski definition) is 10. The smallest absolute Gasteiger partial charge is 0.340 e. The molecule has 0 radical (unpaired) electrons. The second-order valence-electron chi connectivity index (χ2n) is 4.96. The van der Waals surface area contributed by atoms with E-state index in [0.717, 1.165) is 0 Å². The zero-order chi connectivity index (χ0) is 18.7. The second kappa shape index (κ2) is 7.83. The summed E-state index contributed by atoms with van der Waals surface area (Å²) in [5, 5.41) is 58.6. The molecule has 1 fully saturated rings.